The first-order valence-electron chi connectivity index (χ1n) is 6.89. The number of fused-ring (bicyclic) bond motifs is 1. The Kier molecular flexibility index (Phi) is 3.44. The Morgan fingerprint density at radius 1 is 1.19 bits per heavy atom. The highest BCUT2D eigenvalue weighted by Gasteiger charge is 2.43. The Bertz CT molecular complexity index is 557. The molecular weight excluding hydrogens is 282 g/mol. The van der Waals surface area contributed by atoms with Crippen molar-refractivity contribution in [2.45, 2.75) is 38.0 Å². The molecule has 1 amide bonds. The molecule has 1 aliphatic heterocycles. The number of nitrogens with one attached hydrogen (secondary N) is 1. The number of anilines is 1. The van der Waals surface area contributed by atoms with Gasteiger partial charge in [0.2, 0.25) is 5.91 Å². The van der Waals surface area contributed by atoms with E-state index in [-0.39, 0.29) is 29.4 Å². The van der Waals surface area contributed by atoms with Gasteiger partial charge in [-0.25, -0.2) is 0 Å². The van der Waals surface area contributed by atoms with Crippen molar-refractivity contribution in [1.29, 1.82) is 0 Å². The minimum atomic E-state index is -3.65. The lowest BCUT2D eigenvalue weighted by Crippen LogP contribution is -2.32. The normalized spacial score (nSPS) is 26.4. The first-order chi connectivity index (χ1) is 9.93. The van der Waals surface area contributed by atoms with Crippen molar-refractivity contribution in [2.24, 2.45) is 11.7 Å². The van der Waals surface area contributed by atoms with Crippen LogP contribution in [0.1, 0.15) is 25.7 Å². The Balaban J connectivity index is 1.65. The second-order valence-corrected chi connectivity index (χ2v) is 5.43. The number of hydrogen-bond acceptors (Lipinski definition) is 4. The first kappa shape index (κ1) is 14.1. The zero-order chi connectivity index (χ0) is 15.0. The Labute approximate surface area is 120 Å². The third-order valence-electron chi connectivity index (χ3n) is 3.81. The summed E-state index contributed by atoms with van der Waals surface area (Å²) >= 11 is 0. The molecule has 0 radical (unpaired) electrons. The quantitative estimate of drug-likeness (QED) is 0.879. The molecule has 21 heavy (non-hydrogen) atoms. The van der Waals surface area contributed by atoms with Crippen molar-refractivity contribution in [1.82, 2.24) is 0 Å². The molecule has 0 spiro atoms. The molecule has 1 saturated carbocycles. The standard InChI is InChI=1S/C14H16F2N2O3/c15-14(16)20-11-6-5-10(7-12(11)21-14)18-13(19)8-1-3-9(17)4-2-8/h5-9H,1-4,17H2,(H,18,19). The zero-order valence-corrected chi connectivity index (χ0v) is 11.3. The van der Waals surface area contributed by atoms with Gasteiger partial charge in [-0.1, -0.05) is 0 Å². The summed E-state index contributed by atoms with van der Waals surface area (Å²) in [5.41, 5.74) is 6.22. The van der Waals surface area contributed by atoms with Gasteiger partial charge >= 0.3 is 6.29 Å². The number of halogens is 2. The highest BCUT2D eigenvalue weighted by Crippen LogP contribution is 2.42. The molecule has 1 aliphatic carbocycles. The van der Waals surface area contributed by atoms with E-state index in [0.717, 1.165) is 25.7 Å². The maximum Gasteiger partial charge on any atom is 0.586 e. The summed E-state index contributed by atoms with van der Waals surface area (Å²) < 4.78 is 34.5. The average molecular weight is 298 g/mol. The minimum Gasteiger partial charge on any atom is -0.395 e. The molecule has 0 saturated heterocycles. The summed E-state index contributed by atoms with van der Waals surface area (Å²) in [6.45, 7) is 0. The van der Waals surface area contributed by atoms with E-state index >= 15 is 0 Å². The fourth-order valence-corrected chi connectivity index (χ4v) is 2.65. The van der Waals surface area contributed by atoms with Crippen molar-refractivity contribution in [3.63, 3.8) is 0 Å². The van der Waals surface area contributed by atoms with E-state index in [0.29, 0.717) is 5.69 Å². The van der Waals surface area contributed by atoms with Crippen LogP contribution in [0.2, 0.25) is 0 Å². The van der Waals surface area contributed by atoms with E-state index < -0.39 is 6.29 Å². The molecular formula is C14H16F2N2O3. The lowest BCUT2D eigenvalue weighted by atomic mass is 9.86. The van der Waals surface area contributed by atoms with Gasteiger partial charge in [0.15, 0.2) is 11.5 Å². The molecule has 1 aromatic rings. The summed E-state index contributed by atoms with van der Waals surface area (Å²) in [4.78, 5) is 12.1. The van der Waals surface area contributed by atoms with Gasteiger partial charge in [0.1, 0.15) is 0 Å². The monoisotopic (exact) mass is 298 g/mol. The van der Waals surface area contributed by atoms with Crippen LogP contribution < -0.4 is 20.5 Å². The summed E-state index contributed by atoms with van der Waals surface area (Å²) in [5, 5.41) is 2.72. The number of rotatable bonds is 2. The maximum atomic E-state index is 12.9. The lowest BCUT2D eigenvalue weighted by molar-refractivity contribution is -0.286. The van der Waals surface area contributed by atoms with Crippen LogP contribution in [0.4, 0.5) is 14.5 Å². The van der Waals surface area contributed by atoms with Gasteiger partial charge in [-0.2, -0.15) is 0 Å². The SMILES string of the molecule is NC1CCC(C(=O)Nc2ccc3c(c2)OC(F)(F)O3)CC1. The molecule has 0 atom stereocenters. The third-order valence-corrected chi connectivity index (χ3v) is 3.81. The number of ether oxygens (including phenoxy) is 2. The van der Waals surface area contributed by atoms with Gasteiger partial charge in [-0.05, 0) is 37.8 Å². The third kappa shape index (κ3) is 3.07. The zero-order valence-electron chi connectivity index (χ0n) is 11.3. The maximum absolute atomic E-state index is 12.9. The summed E-state index contributed by atoms with van der Waals surface area (Å²) in [7, 11) is 0. The van der Waals surface area contributed by atoms with Crippen LogP contribution >= 0.6 is 0 Å². The molecule has 114 valence electrons. The van der Waals surface area contributed by atoms with Gasteiger partial charge < -0.3 is 20.5 Å². The van der Waals surface area contributed by atoms with Crippen LogP contribution in [0.3, 0.4) is 0 Å². The minimum absolute atomic E-state index is 0.0401. The molecule has 7 heteroatoms. The second kappa shape index (κ2) is 5.14. The van der Waals surface area contributed by atoms with Crippen LogP contribution in [0.5, 0.6) is 11.5 Å². The van der Waals surface area contributed by atoms with E-state index in [1.165, 1.54) is 18.2 Å². The Morgan fingerprint density at radius 3 is 2.57 bits per heavy atom. The summed E-state index contributed by atoms with van der Waals surface area (Å²) in [6.07, 6.45) is -0.507. The summed E-state index contributed by atoms with van der Waals surface area (Å²) in [6, 6.07) is 4.36. The second-order valence-electron chi connectivity index (χ2n) is 5.43. The van der Waals surface area contributed by atoms with Crippen molar-refractivity contribution in [2.75, 3.05) is 5.32 Å². The molecule has 3 N–H and O–H groups in total. The molecule has 1 heterocycles. The van der Waals surface area contributed by atoms with E-state index in [1.807, 2.05) is 0 Å². The smallest absolute Gasteiger partial charge is 0.395 e. The number of carbonyl (C=O) groups is 1. The van der Waals surface area contributed by atoms with Crippen molar-refractivity contribution in [3.05, 3.63) is 18.2 Å². The van der Waals surface area contributed by atoms with Gasteiger partial charge in [0.25, 0.3) is 0 Å². The highest BCUT2D eigenvalue weighted by molar-refractivity contribution is 5.93. The van der Waals surface area contributed by atoms with E-state index in [1.54, 1.807) is 0 Å². The Morgan fingerprint density at radius 2 is 1.86 bits per heavy atom. The molecule has 0 aromatic heterocycles. The molecule has 1 aromatic carbocycles. The molecule has 2 aliphatic rings. The van der Waals surface area contributed by atoms with Crippen molar-refractivity contribution in [3.8, 4) is 11.5 Å². The predicted molar refractivity (Wildman–Crippen MR) is 71.2 cm³/mol. The van der Waals surface area contributed by atoms with Crippen molar-refractivity contribution >= 4 is 11.6 Å². The molecule has 3 rings (SSSR count). The fraction of sp³-hybridized carbons (Fsp3) is 0.500. The average Bonchev–Trinajstić information content (AvgIpc) is 2.72. The highest BCUT2D eigenvalue weighted by atomic mass is 19.3. The number of alkyl halides is 2. The van der Waals surface area contributed by atoms with Crippen LogP contribution in [0.25, 0.3) is 0 Å². The molecule has 0 bridgehead atoms. The van der Waals surface area contributed by atoms with Crippen LogP contribution in [0, 0.1) is 5.92 Å². The number of amides is 1. The predicted octanol–water partition coefficient (Wildman–Crippen LogP) is 2.46. The van der Waals surface area contributed by atoms with E-state index in [4.69, 9.17) is 5.73 Å². The largest absolute Gasteiger partial charge is 0.586 e. The van der Waals surface area contributed by atoms with Crippen LogP contribution in [-0.4, -0.2) is 18.2 Å². The fourth-order valence-electron chi connectivity index (χ4n) is 2.65. The van der Waals surface area contributed by atoms with Gasteiger partial charge in [-0.3, -0.25) is 4.79 Å². The van der Waals surface area contributed by atoms with Crippen LogP contribution in [-0.2, 0) is 4.79 Å². The Hall–Kier alpha value is -1.89. The molecule has 0 unspecified atom stereocenters. The number of nitrogens with two attached hydrogens (primary N) is 1. The summed E-state index contributed by atoms with van der Waals surface area (Å²) in [5.74, 6) is -0.325. The molecule has 5 nitrogen and oxygen atoms in total. The molecule has 1 fully saturated rings. The van der Waals surface area contributed by atoms with Gasteiger partial charge in [0, 0.05) is 23.7 Å². The number of carbonyl (C=O) groups excluding carboxylic acids is 1. The van der Waals surface area contributed by atoms with Gasteiger partial charge in [-0.15, -0.1) is 8.78 Å². The number of benzene rings is 1. The lowest BCUT2D eigenvalue weighted by Gasteiger charge is -2.25. The van der Waals surface area contributed by atoms with Crippen LogP contribution in [0.15, 0.2) is 18.2 Å². The first-order valence-corrected chi connectivity index (χ1v) is 6.89. The topological polar surface area (TPSA) is 73.6 Å². The van der Waals surface area contributed by atoms with E-state index in [2.05, 4.69) is 14.8 Å². The number of hydrogen-bond donors (Lipinski definition) is 2. The van der Waals surface area contributed by atoms with Gasteiger partial charge in [0.05, 0.1) is 0 Å². The van der Waals surface area contributed by atoms with Crippen molar-refractivity contribution < 1.29 is 23.0 Å². The van der Waals surface area contributed by atoms with E-state index in [9.17, 15) is 13.6 Å².